The normalized spacial score (nSPS) is 40.7. The number of hydrogen-bond donors (Lipinski definition) is 0. The highest BCUT2D eigenvalue weighted by atomic mass is 16.6. The molecule has 7 nitrogen and oxygen atoms in total. The van der Waals surface area contributed by atoms with Crippen LogP contribution in [0.3, 0.4) is 0 Å². The Balaban J connectivity index is 1.69. The van der Waals surface area contributed by atoms with Crippen molar-refractivity contribution in [1.82, 2.24) is 0 Å². The largest absolute Gasteiger partial charge is 0.469 e. The van der Waals surface area contributed by atoms with Gasteiger partial charge in [0.2, 0.25) is 0 Å². The molecule has 33 heavy (non-hydrogen) atoms. The summed E-state index contributed by atoms with van der Waals surface area (Å²) < 4.78 is 16.4. The predicted molar refractivity (Wildman–Crippen MR) is 118 cm³/mol. The number of ether oxygens (including phenoxy) is 3. The Morgan fingerprint density at radius 2 is 1.55 bits per heavy atom. The molecule has 5 fully saturated rings. The second-order valence-electron chi connectivity index (χ2n) is 11.9. The molecule has 1 heterocycles. The van der Waals surface area contributed by atoms with Gasteiger partial charge in [0.25, 0.3) is 0 Å². The second kappa shape index (κ2) is 8.09. The molecule has 0 aromatic rings. The SMILES string of the molecule is CCC(C)(CC(C)(C(=O)OC1(C)C2CC3CC(C2)CC1C3)C1C(=O)OC(=O)C1C)C(=O)OC. The number of hydrogen-bond acceptors (Lipinski definition) is 7. The summed E-state index contributed by atoms with van der Waals surface area (Å²) in [6, 6.07) is 0. The first kappa shape index (κ1) is 24.2. The fourth-order valence-electron chi connectivity index (χ4n) is 7.72. The van der Waals surface area contributed by atoms with Crippen LogP contribution in [0.4, 0.5) is 0 Å². The molecule has 0 spiro atoms. The average molecular weight is 463 g/mol. The Morgan fingerprint density at radius 3 is 1.97 bits per heavy atom. The van der Waals surface area contributed by atoms with Gasteiger partial charge in [-0.3, -0.25) is 19.2 Å². The van der Waals surface area contributed by atoms with Crippen molar-refractivity contribution in [3.05, 3.63) is 0 Å². The predicted octanol–water partition coefficient (Wildman–Crippen LogP) is 4.07. The molecule has 4 unspecified atom stereocenters. The van der Waals surface area contributed by atoms with Crippen LogP contribution in [0.5, 0.6) is 0 Å². The molecule has 0 amide bonds. The molecule has 0 aromatic heterocycles. The molecule has 4 bridgehead atoms. The summed E-state index contributed by atoms with van der Waals surface area (Å²) in [5.74, 6) is -2.05. The quantitative estimate of drug-likeness (QED) is 0.320. The Bertz CT molecular complexity index is 835. The van der Waals surface area contributed by atoms with Crippen LogP contribution in [-0.4, -0.2) is 36.6 Å². The molecular weight excluding hydrogens is 424 g/mol. The minimum atomic E-state index is -1.40. The lowest BCUT2D eigenvalue weighted by molar-refractivity contribution is -0.217. The van der Waals surface area contributed by atoms with Gasteiger partial charge >= 0.3 is 23.9 Å². The smallest absolute Gasteiger partial charge is 0.318 e. The van der Waals surface area contributed by atoms with Crippen LogP contribution in [0, 0.1) is 46.3 Å². The molecule has 184 valence electrons. The lowest BCUT2D eigenvalue weighted by Crippen LogP contribution is -2.60. The van der Waals surface area contributed by atoms with Gasteiger partial charge in [-0.25, -0.2) is 0 Å². The molecule has 4 aliphatic carbocycles. The first-order chi connectivity index (χ1) is 15.4. The highest BCUT2D eigenvalue weighted by molar-refractivity contribution is 5.99. The summed E-state index contributed by atoms with van der Waals surface area (Å²) in [5, 5.41) is 0. The fourth-order valence-corrected chi connectivity index (χ4v) is 7.72. The zero-order valence-corrected chi connectivity index (χ0v) is 20.8. The second-order valence-corrected chi connectivity index (χ2v) is 11.9. The summed E-state index contributed by atoms with van der Waals surface area (Å²) in [6.07, 6.45) is 6.03. The van der Waals surface area contributed by atoms with Crippen LogP contribution in [0.2, 0.25) is 0 Å². The van der Waals surface area contributed by atoms with Gasteiger partial charge in [0.1, 0.15) is 5.60 Å². The van der Waals surface area contributed by atoms with Crippen molar-refractivity contribution in [3.63, 3.8) is 0 Å². The van der Waals surface area contributed by atoms with Crippen molar-refractivity contribution in [2.24, 2.45) is 46.3 Å². The molecule has 0 N–H and O–H groups in total. The minimum absolute atomic E-state index is 0.0378. The van der Waals surface area contributed by atoms with E-state index in [-0.39, 0.29) is 6.42 Å². The molecule has 1 aliphatic heterocycles. The van der Waals surface area contributed by atoms with E-state index in [2.05, 4.69) is 6.92 Å². The fraction of sp³-hybridized carbons (Fsp3) is 0.846. The maximum atomic E-state index is 14.1. The van der Waals surface area contributed by atoms with E-state index in [0.717, 1.165) is 37.5 Å². The van der Waals surface area contributed by atoms with Gasteiger partial charge in [-0.2, -0.15) is 0 Å². The first-order valence-electron chi connectivity index (χ1n) is 12.4. The van der Waals surface area contributed by atoms with Crippen molar-refractivity contribution in [3.8, 4) is 0 Å². The van der Waals surface area contributed by atoms with Crippen LogP contribution in [-0.2, 0) is 33.4 Å². The average Bonchev–Trinajstić information content (AvgIpc) is 3.02. The monoisotopic (exact) mass is 462 g/mol. The number of carbonyl (C=O) groups is 4. The van der Waals surface area contributed by atoms with E-state index in [1.807, 2.05) is 6.92 Å². The van der Waals surface area contributed by atoms with Gasteiger partial charge in [0.05, 0.1) is 29.8 Å². The molecule has 1 saturated heterocycles. The number of carbonyl (C=O) groups excluding carboxylic acids is 4. The van der Waals surface area contributed by atoms with Crippen LogP contribution >= 0.6 is 0 Å². The van der Waals surface area contributed by atoms with Gasteiger partial charge < -0.3 is 14.2 Å². The lowest BCUT2D eigenvalue weighted by Gasteiger charge is -2.59. The Labute approximate surface area is 196 Å². The summed E-state index contributed by atoms with van der Waals surface area (Å²) in [5.41, 5.74) is -3.01. The molecule has 5 aliphatic rings. The number of esters is 4. The highest BCUT2D eigenvalue weighted by Gasteiger charge is 2.62. The minimum Gasteiger partial charge on any atom is -0.469 e. The van der Waals surface area contributed by atoms with E-state index >= 15 is 0 Å². The van der Waals surface area contributed by atoms with Crippen molar-refractivity contribution < 1.29 is 33.4 Å². The van der Waals surface area contributed by atoms with Crippen LogP contribution in [0.25, 0.3) is 0 Å². The van der Waals surface area contributed by atoms with E-state index in [0.29, 0.717) is 18.3 Å². The molecule has 4 atom stereocenters. The molecule has 7 heteroatoms. The topological polar surface area (TPSA) is 96.0 Å². The van der Waals surface area contributed by atoms with E-state index in [4.69, 9.17) is 14.2 Å². The zero-order valence-electron chi connectivity index (χ0n) is 20.8. The molecule has 0 radical (unpaired) electrons. The third-order valence-electron chi connectivity index (χ3n) is 9.77. The van der Waals surface area contributed by atoms with Crippen molar-refractivity contribution in [1.29, 1.82) is 0 Å². The molecule has 0 aromatic carbocycles. The van der Waals surface area contributed by atoms with Gasteiger partial charge in [0.15, 0.2) is 0 Å². The first-order valence-corrected chi connectivity index (χ1v) is 12.4. The van der Waals surface area contributed by atoms with Gasteiger partial charge in [-0.05, 0) is 89.4 Å². The Hall–Kier alpha value is -1.92. The maximum Gasteiger partial charge on any atom is 0.318 e. The van der Waals surface area contributed by atoms with E-state index in [1.54, 1.807) is 20.8 Å². The number of methoxy groups -OCH3 is 1. The standard InChI is InChI=1S/C26H38O7/c1-7-24(3,22(29)31-6)13-25(4,19-14(2)20(27)32-21(19)28)23(30)33-26(5)17-9-15-8-16(11-17)12-18(26)10-15/h14-19H,7-13H2,1-6H3. The van der Waals surface area contributed by atoms with E-state index < -0.39 is 52.1 Å². The van der Waals surface area contributed by atoms with Crippen molar-refractivity contribution >= 4 is 23.9 Å². The molecular formula is C26H38O7. The third-order valence-corrected chi connectivity index (χ3v) is 9.77. The summed E-state index contributed by atoms with van der Waals surface area (Å²) in [6.45, 7) is 8.91. The van der Waals surface area contributed by atoms with Crippen LogP contribution in [0.15, 0.2) is 0 Å². The van der Waals surface area contributed by atoms with Crippen molar-refractivity contribution in [2.75, 3.05) is 7.11 Å². The van der Waals surface area contributed by atoms with Crippen molar-refractivity contribution in [2.45, 2.75) is 85.2 Å². The van der Waals surface area contributed by atoms with Gasteiger partial charge in [0, 0.05) is 0 Å². The number of rotatable bonds is 7. The van der Waals surface area contributed by atoms with Gasteiger partial charge in [-0.1, -0.05) is 13.8 Å². The Morgan fingerprint density at radius 1 is 1.00 bits per heavy atom. The van der Waals surface area contributed by atoms with E-state index in [1.165, 1.54) is 13.5 Å². The zero-order chi connectivity index (χ0) is 24.3. The Kier molecular flexibility index (Phi) is 5.93. The maximum absolute atomic E-state index is 14.1. The van der Waals surface area contributed by atoms with Crippen LogP contribution < -0.4 is 0 Å². The molecule has 4 saturated carbocycles. The summed E-state index contributed by atoms with van der Waals surface area (Å²) >= 11 is 0. The van der Waals surface area contributed by atoms with Gasteiger partial charge in [-0.15, -0.1) is 0 Å². The highest BCUT2D eigenvalue weighted by Crippen LogP contribution is 2.60. The molecule has 5 rings (SSSR count). The van der Waals surface area contributed by atoms with E-state index in [9.17, 15) is 19.2 Å². The third kappa shape index (κ3) is 3.70. The summed E-state index contributed by atoms with van der Waals surface area (Å²) in [7, 11) is 1.32. The lowest BCUT2D eigenvalue weighted by atomic mass is 9.50. The van der Waals surface area contributed by atoms with Crippen LogP contribution in [0.1, 0.15) is 79.6 Å². The number of cyclic esters (lactones) is 2. The summed E-state index contributed by atoms with van der Waals surface area (Å²) in [4.78, 5) is 51.8.